The van der Waals surface area contributed by atoms with E-state index in [-0.39, 0.29) is 5.60 Å². The highest BCUT2D eigenvalue weighted by molar-refractivity contribution is 5.29. The van der Waals surface area contributed by atoms with Crippen molar-refractivity contribution < 1.29 is 9.47 Å². The van der Waals surface area contributed by atoms with E-state index in [0.29, 0.717) is 13.2 Å². The molecule has 0 aromatic carbocycles. The van der Waals surface area contributed by atoms with Crippen LogP contribution in [0.4, 0.5) is 0 Å². The number of rotatable bonds is 0. The molecule has 1 atom stereocenters. The van der Waals surface area contributed by atoms with Crippen molar-refractivity contribution in [2.45, 2.75) is 18.6 Å². The average Bonchev–Trinajstić information content (AvgIpc) is 2.78. The molecule has 1 aromatic rings. The highest BCUT2D eigenvalue weighted by Crippen LogP contribution is 2.40. The molecule has 0 radical (unpaired) electrons. The Morgan fingerprint density at radius 2 is 2.46 bits per heavy atom. The Kier molecular flexibility index (Phi) is 1.45. The third kappa shape index (κ3) is 0.943. The van der Waals surface area contributed by atoms with Crippen LogP contribution in [0.15, 0.2) is 18.3 Å². The molecule has 3 rings (SSSR count). The van der Waals surface area contributed by atoms with Crippen LogP contribution in [-0.4, -0.2) is 18.2 Å². The van der Waals surface area contributed by atoms with Crippen LogP contribution in [0, 0.1) is 0 Å². The summed E-state index contributed by atoms with van der Waals surface area (Å²) in [7, 11) is 0. The van der Waals surface area contributed by atoms with Gasteiger partial charge in [-0.3, -0.25) is 4.98 Å². The van der Waals surface area contributed by atoms with Crippen LogP contribution >= 0.6 is 0 Å². The zero-order chi connectivity index (χ0) is 8.73. The van der Waals surface area contributed by atoms with Crippen LogP contribution in [0.2, 0.25) is 0 Å². The van der Waals surface area contributed by atoms with Crippen molar-refractivity contribution >= 4 is 0 Å². The van der Waals surface area contributed by atoms with E-state index in [1.807, 2.05) is 12.3 Å². The molecule has 1 spiro atoms. The summed E-state index contributed by atoms with van der Waals surface area (Å²) in [4.78, 5) is 4.39. The van der Waals surface area contributed by atoms with Crippen molar-refractivity contribution in [2.24, 2.45) is 0 Å². The first-order valence-corrected chi connectivity index (χ1v) is 4.57. The van der Waals surface area contributed by atoms with Crippen LogP contribution in [0.25, 0.3) is 0 Å². The first-order valence-electron chi connectivity index (χ1n) is 4.57. The predicted molar refractivity (Wildman–Crippen MR) is 46.1 cm³/mol. The summed E-state index contributed by atoms with van der Waals surface area (Å²) >= 11 is 0. The zero-order valence-corrected chi connectivity index (χ0v) is 7.32. The number of nitrogens with zero attached hydrogens (tertiary/aromatic N) is 1. The Morgan fingerprint density at radius 3 is 3.31 bits per heavy atom. The minimum absolute atomic E-state index is 0.212. The van der Waals surface area contributed by atoms with Crippen molar-refractivity contribution in [3.8, 4) is 0 Å². The van der Waals surface area contributed by atoms with Gasteiger partial charge in [0, 0.05) is 24.8 Å². The molecule has 3 heteroatoms. The topological polar surface area (TPSA) is 31.4 Å². The number of aromatic nitrogens is 1. The van der Waals surface area contributed by atoms with E-state index in [1.54, 1.807) is 0 Å². The molecular formula is C10H11NO2. The number of pyridine rings is 1. The van der Waals surface area contributed by atoms with E-state index in [2.05, 4.69) is 11.1 Å². The van der Waals surface area contributed by atoms with Gasteiger partial charge >= 0.3 is 0 Å². The van der Waals surface area contributed by atoms with Gasteiger partial charge in [-0.15, -0.1) is 0 Å². The average molecular weight is 177 g/mol. The number of ether oxygens (including phenoxy) is 2. The minimum atomic E-state index is -0.212. The highest BCUT2D eigenvalue weighted by Gasteiger charge is 2.44. The van der Waals surface area contributed by atoms with Crippen molar-refractivity contribution in [2.75, 3.05) is 13.2 Å². The highest BCUT2D eigenvalue weighted by atomic mass is 16.6. The molecular weight excluding hydrogens is 166 g/mol. The van der Waals surface area contributed by atoms with Gasteiger partial charge in [0.2, 0.25) is 0 Å². The molecule has 1 unspecified atom stereocenters. The normalized spacial score (nSPS) is 31.1. The van der Waals surface area contributed by atoms with Crippen LogP contribution in [-0.2, 0) is 21.7 Å². The van der Waals surface area contributed by atoms with Gasteiger partial charge in [0.15, 0.2) is 0 Å². The summed E-state index contributed by atoms with van der Waals surface area (Å²) in [6.07, 6.45) is 2.77. The molecule has 2 aliphatic heterocycles. The van der Waals surface area contributed by atoms with Crippen LogP contribution in [0.5, 0.6) is 0 Å². The standard InChI is InChI=1S/C10H11NO2/c1-2-8-6-13-10(3-5-12-7-10)9(8)11-4-1/h1-2,4H,3,5-7H2. The molecule has 0 amide bonds. The Bertz CT molecular complexity index is 331. The van der Waals surface area contributed by atoms with Gasteiger partial charge in [-0.2, -0.15) is 0 Å². The Morgan fingerprint density at radius 1 is 1.46 bits per heavy atom. The molecule has 2 aliphatic rings. The first kappa shape index (κ1) is 7.47. The molecule has 0 N–H and O–H groups in total. The summed E-state index contributed by atoms with van der Waals surface area (Å²) in [5.74, 6) is 0. The number of hydrogen-bond acceptors (Lipinski definition) is 3. The summed E-state index contributed by atoms with van der Waals surface area (Å²) in [6.45, 7) is 2.14. The smallest absolute Gasteiger partial charge is 0.136 e. The van der Waals surface area contributed by atoms with E-state index in [9.17, 15) is 0 Å². The summed E-state index contributed by atoms with van der Waals surface area (Å²) in [5.41, 5.74) is 2.09. The fraction of sp³-hybridized carbons (Fsp3) is 0.500. The van der Waals surface area contributed by atoms with Crippen molar-refractivity contribution in [3.05, 3.63) is 29.6 Å². The molecule has 0 aliphatic carbocycles. The quantitative estimate of drug-likeness (QED) is 0.597. The van der Waals surface area contributed by atoms with E-state index >= 15 is 0 Å². The predicted octanol–water partition coefficient (Wildman–Crippen LogP) is 1.23. The van der Waals surface area contributed by atoms with Gasteiger partial charge < -0.3 is 9.47 Å². The maximum absolute atomic E-state index is 5.78. The summed E-state index contributed by atoms with van der Waals surface area (Å²) < 4.78 is 11.2. The van der Waals surface area contributed by atoms with Gasteiger partial charge in [-0.05, 0) is 6.07 Å². The van der Waals surface area contributed by atoms with Crippen LogP contribution in [0.1, 0.15) is 17.7 Å². The summed E-state index contributed by atoms with van der Waals surface area (Å²) in [6, 6.07) is 4.03. The number of hydrogen-bond donors (Lipinski definition) is 0. The largest absolute Gasteiger partial charge is 0.378 e. The first-order chi connectivity index (χ1) is 6.41. The molecule has 0 bridgehead atoms. The summed E-state index contributed by atoms with van der Waals surface area (Å²) in [5, 5.41) is 0. The van der Waals surface area contributed by atoms with Crippen LogP contribution < -0.4 is 0 Å². The monoisotopic (exact) mass is 177 g/mol. The second kappa shape index (κ2) is 2.53. The molecule has 0 saturated carbocycles. The van der Waals surface area contributed by atoms with Gasteiger partial charge in [-0.1, -0.05) is 6.07 Å². The minimum Gasteiger partial charge on any atom is -0.378 e. The lowest BCUT2D eigenvalue weighted by molar-refractivity contribution is -0.0442. The van der Waals surface area contributed by atoms with Crippen LogP contribution in [0.3, 0.4) is 0 Å². The molecule has 1 fully saturated rings. The fourth-order valence-electron chi connectivity index (χ4n) is 2.10. The maximum atomic E-state index is 5.78. The Hall–Kier alpha value is -0.930. The van der Waals surface area contributed by atoms with E-state index in [1.165, 1.54) is 5.56 Å². The molecule has 3 heterocycles. The lowest BCUT2D eigenvalue weighted by Crippen LogP contribution is -2.26. The lowest BCUT2D eigenvalue weighted by atomic mass is 9.97. The third-order valence-electron chi connectivity index (χ3n) is 2.81. The van der Waals surface area contributed by atoms with E-state index in [0.717, 1.165) is 18.7 Å². The van der Waals surface area contributed by atoms with Gasteiger partial charge in [-0.25, -0.2) is 0 Å². The van der Waals surface area contributed by atoms with Crippen molar-refractivity contribution in [3.63, 3.8) is 0 Å². The molecule has 1 saturated heterocycles. The molecule has 1 aromatic heterocycles. The molecule has 68 valence electrons. The van der Waals surface area contributed by atoms with Gasteiger partial charge in [0.25, 0.3) is 0 Å². The van der Waals surface area contributed by atoms with Crippen molar-refractivity contribution in [1.82, 2.24) is 4.98 Å². The lowest BCUT2D eigenvalue weighted by Gasteiger charge is -2.19. The van der Waals surface area contributed by atoms with E-state index < -0.39 is 0 Å². The molecule has 13 heavy (non-hydrogen) atoms. The SMILES string of the molecule is c1cnc2c(c1)COC21CCOC1. The van der Waals surface area contributed by atoms with Gasteiger partial charge in [0.1, 0.15) is 5.60 Å². The maximum Gasteiger partial charge on any atom is 0.136 e. The number of fused-ring (bicyclic) bond motifs is 2. The molecule has 3 nitrogen and oxygen atoms in total. The Labute approximate surface area is 76.7 Å². The Balaban J connectivity index is 2.11. The second-order valence-electron chi connectivity index (χ2n) is 3.60. The van der Waals surface area contributed by atoms with E-state index in [4.69, 9.17) is 9.47 Å². The second-order valence-corrected chi connectivity index (χ2v) is 3.60. The van der Waals surface area contributed by atoms with Crippen molar-refractivity contribution in [1.29, 1.82) is 0 Å². The zero-order valence-electron chi connectivity index (χ0n) is 7.32. The fourth-order valence-corrected chi connectivity index (χ4v) is 2.10. The van der Waals surface area contributed by atoms with Gasteiger partial charge in [0.05, 0.1) is 18.9 Å². The third-order valence-corrected chi connectivity index (χ3v) is 2.81.